The van der Waals surface area contributed by atoms with Crippen molar-refractivity contribution in [3.63, 3.8) is 0 Å². The van der Waals surface area contributed by atoms with Crippen molar-refractivity contribution in [2.75, 3.05) is 19.0 Å². The molecule has 0 unspecified atom stereocenters. The van der Waals surface area contributed by atoms with Crippen molar-refractivity contribution in [1.29, 1.82) is 0 Å². The summed E-state index contributed by atoms with van der Waals surface area (Å²) >= 11 is 13.5. The van der Waals surface area contributed by atoms with Crippen molar-refractivity contribution in [2.45, 2.75) is 10.9 Å². The molecule has 0 aliphatic carbocycles. The minimum atomic E-state index is 0.550. The Hall–Kier alpha value is -1.76. The summed E-state index contributed by atoms with van der Waals surface area (Å²) in [5.41, 5.74) is 3.10. The van der Waals surface area contributed by atoms with Gasteiger partial charge in [0.2, 0.25) is 5.16 Å². The van der Waals surface area contributed by atoms with Crippen molar-refractivity contribution in [1.82, 2.24) is 20.2 Å². The molecular formula is C16H15Cl2N5S. The van der Waals surface area contributed by atoms with E-state index in [2.05, 4.69) is 15.5 Å². The quantitative estimate of drug-likeness (QED) is 0.617. The first kappa shape index (κ1) is 17.1. The molecule has 8 heteroatoms. The highest BCUT2D eigenvalue weighted by molar-refractivity contribution is 7.98. The fourth-order valence-electron chi connectivity index (χ4n) is 2.10. The van der Waals surface area contributed by atoms with E-state index >= 15 is 0 Å². The Morgan fingerprint density at radius 3 is 2.46 bits per heavy atom. The number of halogens is 2. The van der Waals surface area contributed by atoms with Crippen LogP contribution < -0.4 is 4.90 Å². The molecule has 2 aromatic carbocycles. The van der Waals surface area contributed by atoms with E-state index in [4.69, 9.17) is 23.2 Å². The van der Waals surface area contributed by atoms with E-state index in [1.807, 2.05) is 55.4 Å². The fraction of sp³-hybridized carbons (Fsp3) is 0.188. The maximum Gasteiger partial charge on any atom is 0.214 e. The van der Waals surface area contributed by atoms with E-state index in [1.54, 1.807) is 22.5 Å². The maximum atomic E-state index is 6.05. The SMILES string of the molecule is CN(C)c1ccc(-n2nnnc2SCc2ccc(Cl)c(Cl)c2)cc1. The van der Waals surface area contributed by atoms with Crippen LogP contribution in [0, 0.1) is 0 Å². The van der Waals surface area contributed by atoms with Crippen LogP contribution >= 0.6 is 35.0 Å². The van der Waals surface area contributed by atoms with E-state index in [1.165, 1.54) is 0 Å². The van der Waals surface area contributed by atoms with Crippen molar-refractivity contribution in [2.24, 2.45) is 0 Å². The van der Waals surface area contributed by atoms with Gasteiger partial charge in [-0.25, -0.2) is 0 Å². The fourth-order valence-corrected chi connectivity index (χ4v) is 3.25. The van der Waals surface area contributed by atoms with Crippen LogP contribution in [0.5, 0.6) is 0 Å². The topological polar surface area (TPSA) is 46.8 Å². The lowest BCUT2D eigenvalue weighted by atomic mass is 10.2. The Labute approximate surface area is 154 Å². The summed E-state index contributed by atoms with van der Waals surface area (Å²) in [6.07, 6.45) is 0. The van der Waals surface area contributed by atoms with E-state index in [0.717, 1.165) is 22.1 Å². The van der Waals surface area contributed by atoms with E-state index in [-0.39, 0.29) is 0 Å². The van der Waals surface area contributed by atoms with Gasteiger partial charge in [-0.1, -0.05) is 41.0 Å². The lowest BCUT2D eigenvalue weighted by molar-refractivity contribution is 0.756. The van der Waals surface area contributed by atoms with Gasteiger partial charge in [-0.05, 0) is 52.4 Å². The number of hydrogen-bond donors (Lipinski definition) is 0. The smallest absolute Gasteiger partial charge is 0.214 e. The van der Waals surface area contributed by atoms with Crippen LogP contribution in [-0.4, -0.2) is 34.3 Å². The van der Waals surface area contributed by atoms with Crippen LogP contribution in [0.4, 0.5) is 5.69 Å². The second kappa shape index (κ2) is 7.42. The molecule has 5 nitrogen and oxygen atoms in total. The molecule has 1 aromatic heterocycles. The summed E-state index contributed by atoms with van der Waals surface area (Å²) in [6, 6.07) is 13.7. The number of hydrogen-bond acceptors (Lipinski definition) is 5. The van der Waals surface area contributed by atoms with Crippen LogP contribution in [0.25, 0.3) is 5.69 Å². The van der Waals surface area contributed by atoms with Crippen molar-refractivity contribution in [3.05, 3.63) is 58.1 Å². The Kier molecular flexibility index (Phi) is 5.28. The molecule has 1 heterocycles. The zero-order valence-corrected chi connectivity index (χ0v) is 15.5. The average molecular weight is 380 g/mol. The van der Waals surface area contributed by atoms with Gasteiger partial charge in [0.1, 0.15) is 0 Å². The van der Waals surface area contributed by atoms with Gasteiger partial charge in [-0.15, -0.1) is 5.10 Å². The van der Waals surface area contributed by atoms with Gasteiger partial charge in [-0.2, -0.15) is 4.68 Å². The van der Waals surface area contributed by atoms with Crippen LogP contribution in [0.2, 0.25) is 10.0 Å². The Balaban J connectivity index is 1.76. The molecule has 0 atom stereocenters. The third-order valence-corrected chi connectivity index (χ3v) is 5.13. The van der Waals surface area contributed by atoms with Crippen molar-refractivity contribution >= 4 is 40.7 Å². The van der Waals surface area contributed by atoms with Crippen molar-refractivity contribution < 1.29 is 0 Å². The molecule has 124 valence electrons. The standard InChI is InChI=1S/C16H15Cl2N5S/c1-22(2)12-4-6-13(7-5-12)23-16(19-20-21-23)24-10-11-3-8-14(17)15(18)9-11/h3-9H,10H2,1-2H3. The number of nitrogens with zero attached hydrogens (tertiary/aromatic N) is 5. The molecule has 0 bridgehead atoms. The third kappa shape index (κ3) is 3.83. The van der Waals surface area contributed by atoms with Gasteiger partial charge in [0.05, 0.1) is 15.7 Å². The largest absolute Gasteiger partial charge is 0.378 e. The van der Waals surface area contributed by atoms with Crippen molar-refractivity contribution in [3.8, 4) is 5.69 Å². The summed E-state index contributed by atoms with van der Waals surface area (Å²) in [6.45, 7) is 0. The summed E-state index contributed by atoms with van der Waals surface area (Å²) in [4.78, 5) is 2.04. The van der Waals surface area contributed by atoms with Crippen LogP contribution in [0.1, 0.15) is 5.56 Å². The zero-order valence-electron chi connectivity index (χ0n) is 13.1. The van der Waals surface area contributed by atoms with Gasteiger partial charge in [0.15, 0.2) is 0 Å². The third-order valence-electron chi connectivity index (χ3n) is 3.40. The molecule has 0 spiro atoms. The van der Waals surface area contributed by atoms with E-state index in [0.29, 0.717) is 15.8 Å². The summed E-state index contributed by atoms with van der Waals surface area (Å²) in [5, 5.41) is 13.8. The van der Waals surface area contributed by atoms with E-state index in [9.17, 15) is 0 Å². The van der Waals surface area contributed by atoms with Crippen LogP contribution in [0.3, 0.4) is 0 Å². The predicted octanol–water partition coefficient (Wildman–Crippen LogP) is 4.33. The highest BCUT2D eigenvalue weighted by atomic mass is 35.5. The number of thioether (sulfide) groups is 1. The van der Waals surface area contributed by atoms with Gasteiger partial charge < -0.3 is 4.90 Å². The Bertz CT molecular complexity index is 833. The van der Waals surface area contributed by atoms with Crippen LogP contribution in [-0.2, 0) is 5.75 Å². The molecule has 3 aromatic rings. The lowest BCUT2D eigenvalue weighted by Gasteiger charge is -2.12. The molecule has 0 aliphatic rings. The number of benzene rings is 2. The highest BCUT2D eigenvalue weighted by Crippen LogP contribution is 2.27. The van der Waals surface area contributed by atoms with E-state index < -0.39 is 0 Å². The lowest BCUT2D eigenvalue weighted by Crippen LogP contribution is -2.08. The highest BCUT2D eigenvalue weighted by Gasteiger charge is 2.10. The number of anilines is 1. The monoisotopic (exact) mass is 379 g/mol. The van der Waals surface area contributed by atoms with Gasteiger partial charge in [-0.3, -0.25) is 0 Å². The Morgan fingerprint density at radius 2 is 1.79 bits per heavy atom. The Morgan fingerprint density at radius 1 is 1.04 bits per heavy atom. The van der Waals surface area contributed by atoms with Gasteiger partial charge in [0.25, 0.3) is 0 Å². The predicted molar refractivity (Wildman–Crippen MR) is 99.5 cm³/mol. The molecule has 0 saturated heterocycles. The van der Waals surface area contributed by atoms with Gasteiger partial charge >= 0.3 is 0 Å². The molecule has 0 N–H and O–H groups in total. The molecule has 3 rings (SSSR count). The molecule has 0 saturated carbocycles. The summed E-state index contributed by atoms with van der Waals surface area (Å²) in [5.74, 6) is 0.701. The number of aromatic nitrogens is 4. The minimum absolute atomic E-state index is 0.550. The first-order valence-electron chi connectivity index (χ1n) is 7.17. The average Bonchev–Trinajstić information content (AvgIpc) is 3.04. The second-order valence-corrected chi connectivity index (χ2v) is 7.08. The normalized spacial score (nSPS) is 10.8. The number of tetrazole rings is 1. The zero-order chi connectivity index (χ0) is 17.1. The number of rotatable bonds is 5. The summed E-state index contributed by atoms with van der Waals surface area (Å²) in [7, 11) is 4.01. The maximum absolute atomic E-state index is 6.05. The first-order chi connectivity index (χ1) is 11.5. The second-order valence-electron chi connectivity index (χ2n) is 5.32. The van der Waals surface area contributed by atoms with Gasteiger partial charge in [0, 0.05) is 25.5 Å². The van der Waals surface area contributed by atoms with Crippen LogP contribution in [0.15, 0.2) is 47.6 Å². The molecule has 0 amide bonds. The first-order valence-corrected chi connectivity index (χ1v) is 8.91. The molecular weight excluding hydrogens is 365 g/mol. The molecule has 0 radical (unpaired) electrons. The molecule has 24 heavy (non-hydrogen) atoms. The summed E-state index contributed by atoms with van der Waals surface area (Å²) < 4.78 is 1.72. The molecule has 0 aliphatic heterocycles. The minimum Gasteiger partial charge on any atom is -0.378 e. The molecule has 0 fully saturated rings.